The highest BCUT2D eigenvalue weighted by molar-refractivity contribution is 5.79. The van der Waals surface area contributed by atoms with Crippen LogP contribution >= 0.6 is 0 Å². The number of amides is 1. The summed E-state index contributed by atoms with van der Waals surface area (Å²) in [5.74, 6) is -0.240. The van der Waals surface area contributed by atoms with Gasteiger partial charge in [-0.1, -0.05) is 30.3 Å². The van der Waals surface area contributed by atoms with Crippen LogP contribution in [-0.4, -0.2) is 36.8 Å². The second-order valence-corrected chi connectivity index (χ2v) is 6.44. The van der Waals surface area contributed by atoms with Crippen LogP contribution in [0.15, 0.2) is 65.8 Å². The van der Waals surface area contributed by atoms with Crippen molar-refractivity contribution in [3.63, 3.8) is 0 Å². The molecular weight excluding hydrogens is 358 g/mol. The highest BCUT2D eigenvalue weighted by atomic mass is 16.3. The van der Waals surface area contributed by atoms with Crippen molar-refractivity contribution in [2.24, 2.45) is 0 Å². The molecule has 2 N–H and O–H groups in total. The smallest absolute Gasteiger partial charge is 0.261 e. The third kappa shape index (κ3) is 3.37. The van der Waals surface area contributed by atoms with Crippen molar-refractivity contribution in [3.8, 4) is 0 Å². The van der Waals surface area contributed by atoms with Gasteiger partial charge in [0.2, 0.25) is 5.91 Å². The quantitative estimate of drug-likeness (QED) is 0.527. The summed E-state index contributed by atoms with van der Waals surface area (Å²) in [6, 6.07) is 12.3. The number of benzene rings is 1. The van der Waals surface area contributed by atoms with E-state index in [4.69, 9.17) is 0 Å². The number of aliphatic hydroxyl groups is 1. The molecule has 0 spiro atoms. The van der Waals surface area contributed by atoms with E-state index in [0.717, 1.165) is 5.56 Å². The molecule has 8 heteroatoms. The Hall–Kier alpha value is -3.52. The summed E-state index contributed by atoms with van der Waals surface area (Å²) in [5.41, 5.74) is 1.94. The Bertz CT molecular complexity index is 1180. The van der Waals surface area contributed by atoms with E-state index in [1.807, 2.05) is 30.3 Å². The number of aliphatic hydroxyl groups excluding tert-OH is 1. The predicted molar refractivity (Wildman–Crippen MR) is 104 cm³/mol. The number of aromatic nitrogens is 4. The molecule has 0 aliphatic heterocycles. The van der Waals surface area contributed by atoms with Crippen LogP contribution < -0.4 is 10.9 Å². The fourth-order valence-electron chi connectivity index (χ4n) is 3.18. The molecule has 0 saturated heterocycles. The second-order valence-electron chi connectivity index (χ2n) is 6.44. The highest BCUT2D eigenvalue weighted by Gasteiger charge is 2.14. The van der Waals surface area contributed by atoms with Gasteiger partial charge in [0.25, 0.3) is 5.56 Å². The van der Waals surface area contributed by atoms with Gasteiger partial charge in [0.05, 0.1) is 29.7 Å². The van der Waals surface area contributed by atoms with E-state index in [0.29, 0.717) is 16.6 Å². The van der Waals surface area contributed by atoms with Crippen molar-refractivity contribution >= 4 is 22.5 Å². The molecule has 3 heterocycles. The Morgan fingerprint density at radius 3 is 2.79 bits per heavy atom. The fraction of sp³-hybridized carbons (Fsp3) is 0.200. The summed E-state index contributed by atoms with van der Waals surface area (Å²) >= 11 is 0. The minimum absolute atomic E-state index is 0.117. The number of hydrogen-bond acceptors (Lipinski definition) is 5. The zero-order chi connectivity index (χ0) is 19.5. The maximum Gasteiger partial charge on any atom is 0.261 e. The molecule has 4 aromatic rings. The summed E-state index contributed by atoms with van der Waals surface area (Å²) in [5, 5.41) is 17.0. The Balaban J connectivity index is 1.49. The van der Waals surface area contributed by atoms with Crippen LogP contribution in [0.1, 0.15) is 18.0 Å². The van der Waals surface area contributed by atoms with Gasteiger partial charge in [-0.05, 0) is 11.6 Å². The van der Waals surface area contributed by atoms with Gasteiger partial charge in [-0.25, -0.2) is 9.50 Å². The van der Waals surface area contributed by atoms with Gasteiger partial charge in [0.15, 0.2) is 5.65 Å². The van der Waals surface area contributed by atoms with Crippen molar-refractivity contribution in [3.05, 3.63) is 77.0 Å². The number of nitrogens with one attached hydrogen (secondary N) is 1. The molecule has 1 aromatic carbocycles. The van der Waals surface area contributed by atoms with E-state index < -0.39 is 6.04 Å². The van der Waals surface area contributed by atoms with Crippen molar-refractivity contribution < 1.29 is 9.90 Å². The van der Waals surface area contributed by atoms with Crippen LogP contribution in [0.4, 0.5) is 0 Å². The molecule has 0 saturated carbocycles. The van der Waals surface area contributed by atoms with Gasteiger partial charge in [-0.15, -0.1) is 0 Å². The Morgan fingerprint density at radius 2 is 2.00 bits per heavy atom. The summed E-state index contributed by atoms with van der Waals surface area (Å²) in [4.78, 5) is 29.3. The van der Waals surface area contributed by atoms with Crippen LogP contribution in [0, 0.1) is 0 Å². The number of aryl methyl sites for hydroxylation is 1. The lowest BCUT2D eigenvalue weighted by atomic mass is 10.1. The first-order valence-electron chi connectivity index (χ1n) is 8.94. The molecule has 1 unspecified atom stereocenters. The van der Waals surface area contributed by atoms with Gasteiger partial charge in [0.1, 0.15) is 0 Å². The summed E-state index contributed by atoms with van der Waals surface area (Å²) in [6.07, 6.45) is 4.93. The molecule has 0 aliphatic carbocycles. The van der Waals surface area contributed by atoms with Crippen LogP contribution in [-0.2, 0) is 11.3 Å². The van der Waals surface area contributed by atoms with Crippen molar-refractivity contribution in [1.29, 1.82) is 0 Å². The van der Waals surface area contributed by atoms with Gasteiger partial charge in [0, 0.05) is 31.4 Å². The Labute approximate surface area is 160 Å². The lowest BCUT2D eigenvalue weighted by molar-refractivity contribution is -0.122. The number of hydrogen-bond donors (Lipinski definition) is 2. The second kappa shape index (κ2) is 7.61. The molecule has 3 aromatic heterocycles. The average molecular weight is 377 g/mol. The van der Waals surface area contributed by atoms with E-state index in [9.17, 15) is 14.7 Å². The van der Waals surface area contributed by atoms with Crippen molar-refractivity contribution in [2.75, 3.05) is 6.61 Å². The molecule has 142 valence electrons. The molecule has 0 aliphatic rings. The van der Waals surface area contributed by atoms with Crippen LogP contribution in [0.5, 0.6) is 0 Å². The predicted octanol–water partition coefficient (Wildman–Crippen LogP) is 1.28. The lowest BCUT2D eigenvalue weighted by Gasteiger charge is -2.17. The minimum Gasteiger partial charge on any atom is -0.394 e. The van der Waals surface area contributed by atoms with E-state index >= 15 is 0 Å². The summed E-state index contributed by atoms with van der Waals surface area (Å²) in [6.45, 7) is 0.0297. The molecular formula is C20H19N5O3. The fourth-order valence-corrected chi connectivity index (χ4v) is 3.18. The molecule has 4 rings (SSSR count). The number of nitrogens with zero attached hydrogens (tertiary/aromatic N) is 4. The third-order valence-electron chi connectivity index (χ3n) is 4.66. The standard InChI is InChI=1S/C20H19N5O3/c26-13-16(14-4-2-1-3-5-14)23-19(27)8-11-24-10-7-17-15(20(24)28)12-21-18-6-9-22-25(17)18/h1-7,9-10,12,16,26H,8,11,13H2,(H,23,27). The maximum atomic E-state index is 12.7. The first-order valence-corrected chi connectivity index (χ1v) is 8.94. The first-order chi connectivity index (χ1) is 13.7. The molecule has 0 bridgehead atoms. The van der Waals surface area contributed by atoms with Crippen LogP contribution in [0.25, 0.3) is 16.6 Å². The normalized spacial score (nSPS) is 12.3. The molecule has 8 nitrogen and oxygen atoms in total. The topological polar surface area (TPSA) is 102 Å². The number of pyridine rings is 1. The SMILES string of the molecule is O=C(CCn1ccc2c(cnc3ccnn32)c1=O)NC(CO)c1ccccc1. The van der Waals surface area contributed by atoms with Crippen LogP contribution in [0.2, 0.25) is 0 Å². The largest absolute Gasteiger partial charge is 0.394 e. The Kier molecular flexibility index (Phi) is 4.86. The number of carbonyl (C=O) groups excluding carboxylic acids is 1. The lowest BCUT2D eigenvalue weighted by Crippen LogP contribution is -2.32. The van der Waals surface area contributed by atoms with Gasteiger partial charge in [-0.2, -0.15) is 5.10 Å². The number of fused-ring (bicyclic) bond motifs is 3. The number of rotatable bonds is 6. The summed E-state index contributed by atoms with van der Waals surface area (Å²) in [7, 11) is 0. The van der Waals surface area contributed by atoms with Gasteiger partial charge < -0.3 is 15.0 Å². The third-order valence-corrected chi connectivity index (χ3v) is 4.66. The zero-order valence-corrected chi connectivity index (χ0v) is 15.0. The van der Waals surface area contributed by atoms with E-state index in [-0.39, 0.29) is 31.0 Å². The van der Waals surface area contributed by atoms with E-state index in [1.165, 1.54) is 10.8 Å². The average Bonchev–Trinajstić information content (AvgIpc) is 3.21. The van der Waals surface area contributed by atoms with E-state index in [1.54, 1.807) is 29.0 Å². The Morgan fingerprint density at radius 1 is 1.18 bits per heavy atom. The summed E-state index contributed by atoms with van der Waals surface area (Å²) < 4.78 is 3.09. The highest BCUT2D eigenvalue weighted by Crippen LogP contribution is 2.12. The van der Waals surface area contributed by atoms with Crippen molar-refractivity contribution in [2.45, 2.75) is 19.0 Å². The monoisotopic (exact) mass is 377 g/mol. The molecule has 1 atom stereocenters. The molecule has 28 heavy (non-hydrogen) atoms. The number of carbonyl (C=O) groups is 1. The molecule has 0 radical (unpaired) electrons. The molecule has 1 amide bonds. The van der Waals surface area contributed by atoms with E-state index in [2.05, 4.69) is 15.4 Å². The maximum absolute atomic E-state index is 12.7. The van der Waals surface area contributed by atoms with Gasteiger partial charge in [-0.3, -0.25) is 9.59 Å². The van der Waals surface area contributed by atoms with Crippen LogP contribution in [0.3, 0.4) is 0 Å². The first kappa shape index (κ1) is 17.9. The van der Waals surface area contributed by atoms with Gasteiger partial charge >= 0.3 is 0 Å². The zero-order valence-electron chi connectivity index (χ0n) is 15.0. The minimum atomic E-state index is -0.473. The molecule has 0 fully saturated rings. The van der Waals surface area contributed by atoms with Crippen molar-refractivity contribution in [1.82, 2.24) is 24.5 Å².